The van der Waals surface area contributed by atoms with Gasteiger partial charge in [-0.15, -0.1) is 0 Å². The van der Waals surface area contributed by atoms with E-state index in [-0.39, 0.29) is 27.4 Å². The van der Waals surface area contributed by atoms with Crippen LogP contribution in [0.1, 0.15) is 61.1 Å². The molecule has 0 spiro atoms. The number of hydrogen-bond donors (Lipinski definition) is 0. The molecule has 8 nitrogen and oxygen atoms in total. The SMILES string of the molecule is COC(=O)c1cc2cc(F)c(C3CCN(C(=O)OC(C)(C)C)CC3)cc2n1S(=O)(=O)c1ccc(C)cc1. The van der Waals surface area contributed by atoms with Crippen LogP contribution in [0.2, 0.25) is 0 Å². The van der Waals surface area contributed by atoms with Crippen LogP contribution in [0.3, 0.4) is 0 Å². The standard InChI is InChI=1S/C27H31FN2O6S/c1-17-6-8-20(9-7-17)37(33,34)30-23-16-21(22(28)14-19(23)15-24(30)25(31)35-5)18-10-12-29(13-11-18)26(32)36-27(2,3)4/h6-9,14-16,18H,10-13H2,1-5H3. The number of piperidine rings is 1. The monoisotopic (exact) mass is 530 g/mol. The number of esters is 1. The van der Waals surface area contributed by atoms with Crippen LogP contribution in [-0.4, -0.2) is 55.2 Å². The number of carbonyl (C=O) groups is 2. The Bertz CT molecular complexity index is 1450. The summed E-state index contributed by atoms with van der Waals surface area (Å²) in [6, 6.07) is 10.3. The highest BCUT2D eigenvalue weighted by Crippen LogP contribution is 2.35. The maximum Gasteiger partial charge on any atom is 0.410 e. The first-order valence-corrected chi connectivity index (χ1v) is 13.5. The smallest absolute Gasteiger partial charge is 0.410 e. The Balaban J connectivity index is 1.74. The summed E-state index contributed by atoms with van der Waals surface area (Å²) < 4.78 is 53.8. The first-order valence-electron chi connectivity index (χ1n) is 12.0. The van der Waals surface area contributed by atoms with E-state index in [4.69, 9.17) is 9.47 Å². The summed E-state index contributed by atoms with van der Waals surface area (Å²) in [6.45, 7) is 7.99. The Labute approximate surface area is 216 Å². The molecule has 1 aromatic heterocycles. The van der Waals surface area contributed by atoms with Crippen LogP contribution < -0.4 is 0 Å². The average molecular weight is 531 g/mol. The lowest BCUT2D eigenvalue weighted by Gasteiger charge is -2.33. The second-order valence-electron chi connectivity index (χ2n) is 10.3. The molecule has 0 unspecified atom stereocenters. The van der Waals surface area contributed by atoms with Gasteiger partial charge in [-0.3, -0.25) is 0 Å². The van der Waals surface area contributed by atoms with Gasteiger partial charge >= 0.3 is 12.1 Å². The van der Waals surface area contributed by atoms with E-state index in [9.17, 15) is 18.0 Å². The molecule has 10 heteroatoms. The van der Waals surface area contributed by atoms with Crippen molar-refractivity contribution in [1.29, 1.82) is 0 Å². The van der Waals surface area contributed by atoms with E-state index in [1.165, 1.54) is 30.3 Å². The first-order chi connectivity index (χ1) is 17.3. The fourth-order valence-electron chi connectivity index (χ4n) is 4.55. The normalized spacial score (nSPS) is 15.1. The Hall–Kier alpha value is -3.40. The van der Waals surface area contributed by atoms with Crippen molar-refractivity contribution < 1.29 is 31.9 Å². The highest BCUT2D eigenvalue weighted by molar-refractivity contribution is 7.90. The van der Waals surface area contributed by atoms with Crippen LogP contribution in [0.4, 0.5) is 9.18 Å². The number of benzene rings is 2. The zero-order valence-electron chi connectivity index (χ0n) is 21.6. The summed E-state index contributed by atoms with van der Waals surface area (Å²) in [6.07, 6.45) is 0.552. The molecule has 3 aromatic rings. The molecule has 1 fully saturated rings. The molecule has 1 saturated heterocycles. The van der Waals surface area contributed by atoms with Gasteiger partial charge in [0.15, 0.2) is 0 Å². The molecule has 0 atom stereocenters. The molecule has 2 aromatic carbocycles. The van der Waals surface area contributed by atoms with E-state index in [1.807, 2.05) is 6.92 Å². The van der Waals surface area contributed by atoms with Gasteiger partial charge in [-0.05, 0) is 82.3 Å². The van der Waals surface area contributed by atoms with Crippen LogP contribution in [0.25, 0.3) is 10.9 Å². The third-order valence-corrected chi connectivity index (χ3v) is 8.16. The highest BCUT2D eigenvalue weighted by atomic mass is 32.2. The number of carbonyl (C=O) groups excluding carboxylic acids is 2. The number of amides is 1. The molecule has 0 N–H and O–H groups in total. The van der Waals surface area contributed by atoms with Crippen molar-refractivity contribution in [2.75, 3.05) is 20.2 Å². The molecule has 1 amide bonds. The predicted octanol–water partition coefficient (Wildman–Crippen LogP) is 5.23. The largest absolute Gasteiger partial charge is 0.464 e. The fraction of sp³-hybridized carbons (Fsp3) is 0.407. The number of hydrogen-bond acceptors (Lipinski definition) is 6. The number of nitrogens with zero attached hydrogens (tertiary/aromatic N) is 2. The maximum absolute atomic E-state index is 15.3. The Morgan fingerprint density at radius 1 is 1.03 bits per heavy atom. The summed E-state index contributed by atoms with van der Waals surface area (Å²) in [7, 11) is -3.04. The van der Waals surface area contributed by atoms with E-state index < -0.39 is 33.5 Å². The minimum atomic E-state index is -4.20. The Morgan fingerprint density at radius 3 is 2.22 bits per heavy atom. The number of methoxy groups -OCH3 is 1. The number of halogens is 1. The number of likely N-dealkylation sites (tertiary alicyclic amines) is 1. The number of ether oxygens (including phenoxy) is 2. The lowest BCUT2D eigenvalue weighted by Crippen LogP contribution is -2.41. The van der Waals surface area contributed by atoms with Crippen molar-refractivity contribution in [3.05, 3.63) is 65.1 Å². The van der Waals surface area contributed by atoms with Crippen molar-refractivity contribution in [2.45, 2.75) is 57.0 Å². The third kappa shape index (κ3) is 5.34. The minimum Gasteiger partial charge on any atom is -0.464 e. The average Bonchev–Trinajstić information content (AvgIpc) is 3.21. The van der Waals surface area contributed by atoms with E-state index in [1.54, 1.807) is 37.8 Å². The topological polar surface area (TPSA) is 94.9 Å². The lowest BCUT2D eigenvalue weighted by atomic mass is 9.88. The second kappa shape index (κ2) is 9.81. The molecule has 1 aliphatic rings. The molecule has 37 heavy (non-hydrogen) atoms. The Kier molecular flexibility index (Phi) is 7.07. The summed E-state index contributed by atoms with van der Waals surface area (Å²) in [5.41, 5.74) is 0.579. The van der Waals surface area contributed by atoms with Crippen molar-refractivity contribution in [3.63, 3.8) is 0 Å². The van der Waals surface area contributed by atoms with E-state index in [0.717, 1.165) is 16.6 Å². The predicted molar refractivity (Wildman–Crippen MR) is 137 cm³/mol. The summed E-state index contributed by atoms with van der Waals surface area (Å²) in [5, 5.41) is 0.267. The molecule has 4 rings (SSSR count). The zero-order valence-corrected chi connectivity index (χ0v) is 22.4. The Morgan fingerprint density at radius 2 is 1.65 bits per heavy atom. The van der Waals surface area contributed by atoms with Gasteiger partial charge in [0.1, 0.15) is 17.1 Å². The molecule has 1 aliphatic heterocycles. The van der Waals surface area contributed by atoms with Crippen LogP contribution in [0.5, 0.6) is 0 Å². The van der Waals surface area contributed by atoms with Gasteiger partial charge in [0.2, 0.25) is 0 Å². The van der Waals surface area contributed by atoms with Gasteiger partial charge in [-0.25, -0.2) is 26.4 Å². The molecule has 2 heterocycles. The van der Waals surface area contributed by atoms with E-state index in [0.29, 0.717) is 31.5 Å². The third-order valence-electron chi connectivity index (χ3n) is 6.42. The molecular weight excluding hydrogens is 499 g/mol. The van der Waals surface area contributed by atoms with Crippen molar-refractivity contribution in [1.82, 2.24) is 8.87 Å². The maximum atomic E-state index is 15.3. The van der Waals surface area contributed by atoms with Crippen molar-refractivity contribution in [2.24, 2.45) is 0 Å². The molecular formula is C27H31FN2O6S. The first kappa shape index (κ1) is 26.7. The summed E-state index contributed by atoms with van der Waals surface area (Å²) in [4.78, 5) is 26.6. The number of aryl methyl sites for hydroxylation is 1. The van der Waals surface area contributed by atoms with Gasteiger partial charge in [0.25, 0.3) is 10.0 Å². The summed E-state index contributed by atoms with van der Waals surface area (Å²) in [5.74, 6) is -1.58. The van der Waals surface area contributed by atoms with E-state index >= 15 is 4.39 Å². The summed E-state index contributed by atoms with van der Waals surface area (Å²) >= 11 is 0. The number of fused-ring (bicyclic) bond motifs is 1. The molecule has 0 radical (unpaired) electrons. The van der Waals surface area contributed by atoms with E-state index in [2.05, 4.69) is 0 Å². The van der Waals surface area contributed by atoms with Gasteiger partial charge in [-0.1, -0.05) is 17.7 Å². The lowest BCUT2D eigenvalue weighted by molar-refractivity contribution is 0.0204. The molecule has 0 saturated carbocycles. The highest BCUT2D eigenvalue weighted by Gasteiger charge is 2.31. The second-order valence-corrected chi connectivity index (χ2v) is 12.1. The molecule has 0 bridgehead atoms. The number of rotatable bonds is 4. The fourth-order valence-corrected chi connectivity index (χ4v) is 6.05. The van der Waals surface area contributed by atoms with Crippen LogP contribution in [0, 0.1) is 12.7 Å². The molecule has 0 aliphatic carbocycles. The van der Waals surface area contributed by atoms with Crippen LogP contribution in [-0.2, 0) is 19.5 Å². The molecule has 198 valence electrons. The minimum absolute atomic E-state index is 0.00250. The zero-order chi connectivity index (χ0) is 27.1. The van der Waals surface area contributed by atoms with Crippen LogP contribution >= 0.6 is 0 Å². The van der Waals surface area contributed by atoms with Gasteiger partial charge in [0, 0.05) is 18.5 Å². The van der Waals surface area contributed by atoms with Crippen molar-refractivity contribution >= 4 is 33.0 Å². The van der Waals surface area contributed by atoms with Gasteiger partial charge in [-0.2, -0.15) is 0 Å². The van der Waals surface area contributed by atoms with Crippen molar-refractivity contribution in [3.8, 4) is 0 Å². The number of aromatic nitrogens is 1. The van der Waals surface area contributed by atoms with Gasteiger partial charge < -0.3 is 14.4 Å². The van der Waals surface area contributed by atoms with Gasteiger partial charge in [0.05, 0.1) is 17.5 Å². The van der Waals surface area contributed by atoms with Crippen LogP contribution in [0.15, 0.2) is 47.4 Å². The quantitative estimate of drug-likeness (QED) is 0.429.